The molecule has 1 aliphatic carbocycles. The molecule has 2 aromatic carbocycles. The van der Waals surface area contributed by atoms with Crippen LogP contribution in [0.2, 0.25) is 0 Å². The Kier molecular flexibility index (Phi) is 3.29. The van der Waals surface area contributed by atoms with Gasteiger partial charge in [0.05, 0.1) is 0 Å². The van der Waals surface area contributed by atoms with Crippen molar-refractivity contribution < 1.29 is 4.79 Å². The van der Waals surface area contributed by atoms with Crippen molar-refractivity contribution in [3.8, 4) is 0 Å². The Hall–Kier alpha value is -2.15. The van der Waals surface area contributed by atoms with Gasteiger partial charge in [0, 0.05) is 11.5 Å². The van der Waals surface area contributed by atoms with Gasteiger partial charge in [0.25, 0.3) is 0 Å². The third-order valence-electron chi connectivity index (χ3n) is 4.19. The number of allylic oxidation sites excluding steroid dienone is 4. The molecule has 0 radical (unpaired) electrons. The zero-order chi connectivity index (χ0) is 15.0. The lowest BCUT2D eigenvalue weighted by Gasteiger charge is -2.27. The maximum absolute atomic E-state index is 11.5. The maximum Gasteiger partial charge on any atom is 0.150 e. The minimum Gasteiger partial charge on any atom is -0.298 e. The van der Waals surface area contributed by atoms with Gasteiger partial charge in [0.2, 0.25) is 0 Å². The van der Waals surface area contributed by atoms with Gasteiger partial charge in [-0.25, -0.2) is 0 Å². The highest BCUT2D eigenvalue weighted by Crippen LogP contribution is 2.42. The molecule has 0 fully saturated rings. The first kappa shape index (κ1) is 13.8. The fourth-order valence-corrected chi connectivity index (χ4v) is 3.11. The number of hydrogen-bond acceptors (Lipinski definition) is 1. The molecule has 0 saturated heterocycles. The second kappa shape index (κ2) is 5.00. The van der Waals surface area contributed by atoms with Gasteiger partial charge in [-0.2, -0.15) is 0 Å². The summed E-state index contributed by atoms with van der Waals surface area (Å²) >= 11 is 0. The quantitative estimate of drug-likeness (QED) is 0.682. The normalized spacial score (nSPS) is 18.0. The molecule has 0 amide bonds. The molecule has 2 aromatic rings. The maximum atomic E-state index is 11.5. The Morgan fingerprint density at radius 1 is 1.05 bits per heavy atom. The highest BCUT2D eigenvalue weighted by molar-refractivity contribution is 5.91. The Balaban J connectivity index is 2.18. The van der Waals surface area contributed by atoms with E-state index in [1.54, 1.807) is 0 Å². The van der Waals surface area contributed by atoms with Crippen molar-refractivity contribution in [2.75, 3.05) is 0 Å². The van der Waals surface area contributed by atoms with Crippen molar-refractivity contribution in [1.29, 1.82) is 0 Å². The van der Waals surface area contributed by atoms with Gasteiger partial charge in [0.15, 0.2) is 0 Å². The first-order valence-electron chi connectivity index (χ1n) is 7.37. The van der Waals surface area contributed by atoms with Gasteiger partial charge in [-0.05, 0) is 33.9 Å². The van der Waals surface area contributed by atoms with Gasteiger partial charge in [-0.15, -0.1) is 0 Å². The molecular weight excluding hydrogens is 256 g/mol. The van der Waals surface area contributed by atoms with Crippen LogP contribution in [0.1, 0.15) is 42.6 Å². The molecule has 0 aromatic heterocycles. The van der Waals surface area contributed by atoms with E-state index in [2.05, 4.69) is 57.2 Å². The van der Waals surface area contributed by atoms with E-state index in [-0.39, 0.29) is 11.3 Å². The molecule has 0 heterocycles. The summed E-state index contributed by atoms with van der Waals surface area (Å²) in [5.41, 5.74) is 3.36. The van der Waals surface area contributed by atoms with Crippen molar-refractivity contribution >= 4 is 17.1 Å². The first-order chi connectivity index (χ1) is 10.0. The number of hydrogen-bond donors (Lipinski definition) is 0. The SMILES string of the molecule is CC(C)(C)C1=CC=CC1c1cc2ccccc2cc1C=O. The van der Waals surface area contributed by atoms with Crippen LogP contribution >= 0.6 is 0 Å². The molecule has 0 aliphatic heterocycles. The standard InChI is InChI=1S/C20H20O/c1-20(2,3)19-10-6-9-17(19)18-12-15-8-5-4-7-14(15)11-16(18)13-21/h4-13,17H,1-3H3. The van der Waals surface area contributed by atoms with Crippen LogP contribution in [0.3, 0.4) is 0 Å². The summed E-state index contributed by atoms with van der Waals surface area (Å²) in [7, 11) is 0. The molecule has 1 nitrogen and oxygen atoms in total. The molecule has 0 spiro atoms. The van der Waals surface area contributed by atoms with Gasteiger partial charge >= 0.3 is 0 Å². The average molecular weight is 276 g/mol. The summed E-state index contributed by atoms with van der Waals surface area (Å²) in [4.78, 5) is 11.5. The highest BCUT2D eigenvalue weighted by atomic mass is 16.1. The van der Waals surface area contributed by atoms with Crippen LogP contribution < -0.4 is 0 Å². The van der Waals surface area contributed by atoms with Gasteiger partial charge in [0.1, 0.15) is 6.29 Å². The Morgan fingerprint density at radius 2 is 1.71 bits per heavy atom. The van der Waals surface area contributed by atoms with Crippen LogP contribution in [0.5, 0.6) is 0 Å². The number of rotatable bonds is 2. The number of carbonyl (C=O) groups excluding carboxylic acids is 1. The van der Waals surface area contributed by atoms with Gasteiger partial charge < -0.3 is 0 Å². The van der Waals surface area contributed by atoms with Crippen molar-refractivity contribution in [2.24, 2.45) is 5.41 Å². The van der Waals surface area contributed by atoms with E-state index < -0.39 is 0 Å². The van der Waals surface area contributed by atoms with E-state index in [1.165, 1.54) is 11.0 Å². The third kappa shape index (κ3) is 2.44. The largest absolute Gasteiger partial charge is 0.298 e. The van der Waals surface area contributed by atoms with E-state index >= 15 is 0 Å². The minimum atomic E-state index is 0.0972. The van der Waals surface area contributed by atoms with Crippen LogP contribution in [-0.4, -0.2) is 6.29 Å². The minimum absolute atomic E-state index is 0.0972. The van der Waals surface area contributed by atoms with Gasteiger partial charge in [-0.3, -0.25) is 4.79 Å². The smallest absolute Gasteiger partial charge is 0.150 e. The lowest BCUT2D eigenvalue weighted by Crippen LogP contribution is -2.15. The summed E-state index contributed by atoms with van der Waals surface area (Å²) < 4.78 is 0. The van der Waals surface area contributed by atoms with Crippen molar-refractivity contribution in [3.63, 3.8) is 0 Å². The molecule has 0 N–H and O–H groups in total. The molecule has 1 heteroatoms. The number of fused-ring (bicyclic) bond motifs is 1. The van der Waals surface area contributed by atoms with E-state index in [9.17, 15) is 4.79 Å². The second-order valence-corrected chi connectivity index (χ2v) is 6.68. The van der Waals surface area contributed by atoms with Crippen LogP contribution in [0.15, 0.2) is 60.2 Å². The molecule has 106 valence electrons. The van der Waals surface area contributed by atoms with Crippen LogP contribution in [0.4, 0.5) is 0 Å². The van der Waals surface area contributed by atoms with E-state index in [0.29, 0.717) is 0 Å². The highest BCUT2D eigenvalue weighted by Gasteiger charge is 2.28. The summed E-state index contributed by atoms with van der Waals surface area (Å²) in [6, 6.07) is 12.4. The fraction of sp³-hybridized carbons (Fsp3) is 0.250. The summed E-state index contributed by atoms with van der Waals surface area (Å²) in [5, 5.41) is 2.30. The van der Waals surface area contributed by atoms with Gasteiger partial charge in [-0.1, -0.05) is 68.8 Å². The zero-order valence-corrected chi connectivity index (χ0v) is 12.8. The molecule has 1 aliphatic rings. The predicted octanol–water partition coefficient (Wildman–Crippen LogP) is 5.28. The number of aldehydes is 1. The number of benzene rings is 2. The fourth-order valence-electron chi connectivity index (χ4n) is 3.11. The van der Waals surface area contributed by atoms with Crippen molar-refractivity contribution in [2.45, 2.75) is 26.7 Å². The third-order valence-corrected chi connectivity index (χ3v) is 4.19. The van der Waals surface area contributed by atoms with E-state index in [1.807, 2.05) is 18.2 Å². The zero-order valence-electron chi connectivity index (χ0n) is 12.8. The average Bonchev–Trinajstić information content (AvgIpc) is 2.95. The molecule has 1 unspecified atom stereocenters. The molecule has 21 heavy (non-hydrogen) atoms. The lowest BCUT2D eigenvalue weighted by molar-refractivity contribution is 0.112. The topological polar surface area (TPSA) is 17.1 Å². The molecule has 3 rings (SSSR count). The van der Waals surface area contributed by atoms with Crippen molar-refractivity contribution in [1.82, 2.24) is 0 Å². The van der Waals surface area contributed by atoms with E-state index in [4.69, 9.17) is 0 Å². The van der Waals surface area contributed by atoms with Crippen LogP contribution in [0, 0.1) is 5.41 Å². The molecule has 0 bridgehead atoms. The summed E-state index contributed by atoms with van der Waals surface area (Å²) in [5.74, 6) is 0.204. The Bertz CT molecular complexity index is 757. The van der Waals surface area contributed by atoms with Crippen LogP contribution in [0.25, 0.3) is 10.8 Å². The Morgan fingerprint density at radius 3 is 2.33 bits per heavy atom. The molecular formula is C20H20O. The molecule has 1 atom stereocenters. The van der Waals surface area contributed by atoms with E-state index in [0.717, 1.165) is 22.8 Å². The van der Waals surface area contributed by atoms with Crippen LogP contribution in [-0.2, 0) is 0 Å². The summed E-state index contributed by atoms with van der Waals surface area (Å²) in [6.45, 7) is 6.67. The molecule has 0 saturated carbocycles. The second-order valence-electron chi connectivity index (χ2n) is 6.68. The first-order valence-corrected chi connectivity index (χ1v) is 7.37. The summed E-state index contributed by atoms with van der Waals surface area (Å²) in [6.07, 6.45) is 7.47. The van der Waals surface area contributed by atoms with Crippen molar-refractivity contribution in [3.05, 3.63) is 71.3 Å². The lowest BCUT2D eigenvalue weighted by atomic mass is 9.76. The number of carbonyl (C=O) groups is 1. The monoisotopic (exact) mass is 276 g/mol. The Labute approximate surface area is 126 Å². The predicted molar refractivity (Wildman–Crippen MR) is 88.8 cm³/mol.